The Hall–Kier alpha value is -1.78. The van der Waals surface area contributed by atoms with Crippen LogP contribution in [0, 0.1) is 12.8 Å². The molecule has 5 nitrogen and oxygen atoms in total. The molecule has 1 heterocycles. The van der Waals surface area contributed by atoms with Crippen molar-refractivity contribution < 1.29 is 14.3 Å². The number of nitrogens with one attached hydrogen (secondary N) is 1. The van der Waals surface area contributed by atoms with Gasteiger partial charge in [-0.3, -0.25) is 4.79 Å². The van der Waals surface area contributed by atoms with E-state index in [9.17, 15) is 9.59 Å². The summed E-state index contributed by atoms with van der Waals surface area (Å²) < 4.78 is 7.17. The summed E-state index contributed by atoms with van der Waals surface area (Å²) in [4.78, 5) is 24.5. The Bertz CT molecular complexity index is 524. The molecule has 0 aromatic carbocycles. The molecule has 5 heteroatoms. The SMILES string of the molecule is Cc1ccc(C(=O)N[C@H](C(=O)OC(C)(C)C)C(C)C)n1C. The molecule has 0 saturated carbocycles. The van der Waals surface area contributed by atoms with Crippen molar-refractivity contribution in [2.45, 2.75) is 53.2 Å². The minimum atomic E-state index is -0.660. The molecule has 0 unspecified atom stereocenters. The number of rotatable bonds is 4. The maximum Gasteiger partial charge on any atom is 0.329 e. The van der Waals surface area contributed by atoms with Gasteiger partial charge in [0.25, 0.3) is 5.91 Å². The molecule has 1 rings (SSSR count). The van der Waals surface area contributed by atoms with E-state index in [0.29, 0.717) is 5.69 Å². The molecule has 1 aromatic heterocycles. The van der Waals surface area contributed by atoms with Gasteiger partial charge < -0.3 is 14.6 Å². The van der Waals surface area contributed by atoms with E-state index in [2.05, 4.69) is 5.32 Å². The Morgan fingerprint density at radius 2 is 1.81 bits per heavy atom. The summed E-state index contributed by atoms with van der Waals surface area (Å²) in [5, 5.41) is 2.77. The Morgan fingerprint density at radius 3 is 2.19 bits per heavy atom. The zero-order valence-corrected chi connectivity index (χ0v) is 14.0. The van der Waals surface area contributed by atoms with Crippen LogP contribution in [0.15, 0.2) is 12.1 Å². The van der Waals surface area contributed by atoms with Crippen molar-refractivity contribution in [1.82, 2.24) is 9.88 Å². The number of carbonyl (C=O) groups is 2. The molecule has 118 valence electrons. The van der Waals surface area contributed by atoms with Gasteiger partial charge >= 0.3 is 5.97 Å². The van der Waals surface area contributed by atoms with Crippen molar-refractivity contribution in [3.05, 3.63) is 23.5 Å². The molecule has 1 N–H and O–H groups in total. The molecule has 0 bridgehead atoms. The van der Waals surface area contributed by atoms with Crippen LogP contribution < -0.4 is 5.32 Å². The van der Waals surface area contributed by atoms with Crippen LogP contribution in [0.2, 0.25) is 0 Å². The highest BCUT2D eigenvalue weighted by Crippen LogP contribution is 2.13. The Balaban J connectivity index is 2.86. The molecule has 0 saturated heterocycles. The number of aryl methyl sites for hydroxylation is 1. The first kappa shape index (κ1) is 17.3. The topological polar surface area (TPSA) is 60.3 Å². The Labute approximate surface area is 126 Å². The maximum atomic E-state index is 12.3. The Morgan fingerprint density at radius 1 is 1.24 bits per heavy atom. The standard InChI is InChI=1S/C16H26N2O3/c1-10(2)13(15(20)21-16(4,5)6)17-14(19)12-9-8-11(3)18(12)7/h8-10,13H,1-7H3,(H,17,19)/t13-/m0/s1. The third-order valence-electron chi connectivity index (χ3n) is 3.22. The van der Waals surface area contributed by atoms with Crippen LogP contribution >= 0.6 is 0 Å². The highest BCUT2D eigenvalue weighted by Gasteiger charge is 2.29. The van der Waals surface area contributed by atoms with Gasteiger partial charge in [-0.2, -0.15) is 0 Å². The zero-order valence-electron chi connectivity index (χ0n) is 14.0. The van der Waals surface area contributed by atoms with Crippen molar-refractivity contribution in [2.75, 3.05) is 0 Å². The van der Waals surface area contributed by atoms with Gasteiger partial charge in [0.05, 0.1) is 0 Å². The van der Waals surface area contributed by atoms with E-state index in [1.165, 1.54) is 0 Å². The predicted octanol–water partition coefficient (Wildman–Crippen LogP) is 2.43. The summed E-state index contributed by atoms with van der Waals surface area (Å²) in [7, 11) is 1.82. The van der Waals surface area contributed by atoms with Crippen molar-refractivity contribution in [2.24, 2.45) is 13.0 Å². The number of esters is 1. The van der Waals surface area contributed by atoms with Crippen molar-refractivity contribution >= 4 is 11.9 Å². The number of amides is 1. The van der Waals surface area contributed by atoms with Crippen LogP contribution in [0.4, 0.5) is 0 Å². The number of ether oxygens (including phenoxy) is 1. The lowest BCUT2D eigenvalue weighted by atomic mass is 10.0. The molecule has 0 radical (unpaired) electrons. The van der Waals surface area contributed by atoms with E-state index in [1.807, 2.05) is 54.7 Å². The van der Waals surface area contributed by atoms with Crippen LogP contribution in [0.1, 0.15) is 50.8 Å². The number of hydrogen-bond donors (Lipinski definition) is 1. The average molecular weight is 294 g/mol. The number of hydrogen-bond acceptors (Lipinski definition) is 3. The third kappa shape index (κ3) is 4.62. The normalized spacial score (nSPS) is 13.1. The molecule has 0 aliphatic carbocycles. The summed E-state index contributed by atoms with van der Waals surface area (Å²) in [5.41, 5.74) is 0.941. The molecule has 21 heavy (non-hydrogen) atoms. The third-order valence-corrected chi connectivity index (χ3v) is 3.22. The lowest BCUT2D eigenvalue weighted by molar-refractivity contribution is -0.158. The number of nitrogens with zero attached hydrogens (tertiary/aromatic N) is 1. The van der Waals surface area contributed by atoms with Crippen molar-refractivity contribution in [1.29, 1.82) is 0 Å². The first-order valence-corrected chi connectivity index (χ1v) is 7.19. The quantitative estimate of drug-likeness (QED) is 0.868. The fourth-order valence-corrected chi connectivity index (χ4v) is 1.92. The van der Waals surface area contributed by atoms with E-state index >= 15 is 0 Å². The first-order chi connectivity index (χ1) is 9.53. The monoisotopic (exact) mass is 294 g/mol. The second-order valence-corrected chi connectivity index (χ2v) is 6.65. The van der Waals surface area contributed by atoms with Gasteiger partial charge in [0.1, 0.15) is 17.3 Å². The van der Waals surface area contributed by atoms with Gasteiger partial charge in [-0.25, -0.2) is 4.79 Å². The molecule has 0 spiro atoms. The first-order valence-electron chi connectivity index (χ1n) is 7.19. The highest BCUT2D eigenvalue weighted by atomic mass is 16.6. The van der Waals surface area contributed by atoms with Crippen LogP contribution in [0.3, 0.4) is 0 Å². The van der Waals surface area contributed by atoms with Crippen molar-refractivity contribution in [3.8, 4) is 0 Å². The van der Waals surface area contributed by atoms with Crippen LogP contribution in [0.25, 0.3) is 0 Å². The molecule has 1 atom stereocenters. The van der Waals surface area contributed by atoms with E-state index in [4.69, 9.17) is 4.74 Å². The number of carbonyl (C=O) groups excluding carboxylic acids is 2. The molecule has 1 amide bonds. The van der Waals surface area contributed by atoms with Gasteiger partial charge in [0.15, 0.2) is 0 Å². The summed E-state index contributed by atoms with van der Waals surface area (Å²) in [6, 6.07) is 2.95. The van der Waals surface area contributed by atoms with E-state index in [1.54, 1.807) is 10.6 Å². The molecule has 0 aliphatic rings. The second kappa shape index (κ2) is 6.33. The van der Waals surface area contributed by atoms with Gasteiger partial charge in [-0.15, -0.1) is 0 Å². The molecule has 0 fully saturated rings. The van der Waals surface area contributed by atoms with Crippen molar-refractivity contribution in [3.63, 3.8) is 0 Å². The minimum absolute atomic E-state index is 0.0508. The van der Waals surface area contributed by atoms with Gasteiger partial charge in [-0.05, 0) is 45.7 Å². The van der Waals surface area contributed by atoms with E-state index in [-0.39, 0.29) is 11.8 Å². The molecular formula is C16H26N2O3. The summed E-state index contributed by atoms with van der Waals surface area (Å²) in [6.07, 6.45) is 0. The van der Waals surface area contributed by atoms with E-state index in [0.717, 1.165) is 5.69 Å². The fourth-order valence-electron chi connectivity index (χ4n) is 1.92. The average Bonchev–Trinajstić information content (AvgIpc) is 2.64. The minimum Gasteiger partial charge on any atom is -0.458 e. The predicted molar refractivity (Wildman–Crippen MR) is 82.1 cm³/mol. The smallest absolute Gasteiger partial charge is 0.329 e. The zero-order chi connectivity index (χ0) is 16.4. The molecular weight excluding hydrogens is 268 g/mol. The lowest BCUT2D eigenvalue weighted by Crippen LogP contribution is -2.47. The second-order valence-electron chi connectivity index (χ2n) is 6.65. The van der Waals surface area contributed by atoms with Gasteiger partial charge in [0, 0.05) is 12.7 Å². The van der Waals surface area contributed by atoms with Gasteiger partial charge in [0.2, 0.25) is 0 Å². The highest BCUT2D eigenvalue weighted by molar-refractivity contribution is 5.95. The largest absolute Gasteiger partial charge is 0.458 e. The summed E-state index contributed by atoms with van der Waals surface area (Å²) in [6.45, 7) is 11.1. The number of aromatic nitrogens is 1. The van der Waals surface area contributed by atoms with E-state index < -0.39 is 17.6 Å². The van der Waals surface area contributed by atoms with Crippen LogP contribution in [-0.4, -0.2) is 28.1 Å². The maximum absolute atomic E-state index is 12.3. The lowest BCUT2D eigenvalue weighted by Gasteiger charge is -2.26. The summed E-state index contributed by atoms with van der Waals surface area (Å²) in [5.74, 6) is -0.725. The van der Waals surface area contributed by atoms with Gasteiger partial charge in [-0.1, -0.05) is 13.8 Å². The molecule has 0 aliphatic heterocycles. The van der Waals surface area contributed by atoms with Crippen LogP contribution in [-0.2, 0) is 16.6 Å². The fraction of sp³-hybridized carbons (Fsp3) is 0.625. The Kier molecular flexibility index (Phi) is 5.20. The van der Waals surface area contributed by atoms with Crippen LogP contribution in [0.5, 0.6) is 0 Å². The molecule has 1 aromatic rings. The summed E-state index contributed by atoms with van der Waals surface area (Å²) >= 11 is 0.